The molecule has 4 aliphatic heterocycles. The number of ether oxygens (including phenoxy) is 11. The molecule has 0 saturated carbocycles. The van der Waals surface area contributed by atoms with Gasteiger partial charge >= 0.3 is 5.97 Å². The predicted octanol–water partition coefficient (Wildman–Crippen LogP) is 20.2. The number of nitrogens with two attached hydrogens (primary N) is 1. The van der Waals surface area contributed by atoms with Crippen molar-refractivity contribution >= 4 is 71.0 Å². The van der Waals surface area contributed by atoms with E-state index in [2.05, 4.69) is 72.8 Å². The van der Waals surface area contributed by atoms with Crippen LogP contribution in [-0.2, 0) is 44.9 Å². The van der Waals surface area contributed by atoms with E-state index in [1.807, 2.05) is 124 Å². The molecule has 0 spiro atoms. The minimum Gasteiger partial charge on any atom is -0.508 e. The number of phenolic OH excluding ortho intramolecular Hbond substituents is 1. The van der Waals surface area contributed by atoms with Crippen LogP contribution in [0.25, 0.3) is 32.9 Å². The first-order chi connectivity index (χ1) is 63.9. The second kappa shape index (κ2) is 41.5. The number of phenols is 1. The number of esters is 1. The zero-order valence-corrected chi connectivity index (χ0v) is 78.3. The van der Waals surface area contributed by atoms with Crippen molar-refractivity contribution in [1.29, 1.82) is 0 Å². The molecule has 18 rings (SSSR count). The van der Waals surface area contributed by atoms with Gasteiger partial charge in [0.05, 0.1) is 91.2 Å². The summed E-state index contributed by atoms with van der Waals surface area (Å²) in [6, 6.07) is 58.2. The van der Waals surface area contributed by atoms with E-state index in [-0.39, 0.29) is 83.2 Å². The number of hydrogen-bond acceptors (Lipinski definition) is 20. The van der Waals surface area contributed by atoms with Crippen LogP contribution < -0.4 is 63.3 Å². The molecule has 2 saturated heterocycles. The fraction of sp³-hybridized carbons (Fsp3) is 0.286. The number of hydrogen-bond donors (Lipinski definition) is 4. The first-order valence-electron chi connectivity index (χ1n) is 43.2. The van der Waals surface area contributed by atoms with Gasteiger partial charge < -0.3 is 72.8 Å². The highest BCUT2D eigenvalue weighted by Gasteiger charge is 2.52. The minimum atomic E-state index is -3.53. The molecule has 1 amide bonds. The Balaban J connectivity index is 0.000000135. The van der Waals surface area contributed by atoms with Crippen LogP contribution in [0.4, 0.5) is 18.9 Å². The lowest BCUT2D eigenvalue weighted by atomic mass is 9.75. The lowest BCUT2D eigenvalue weighted by Gasteiger charge is -2.38. The van der Waals surface area contributed by atoms with Gasteiger partial charge in [-0.15, -0.1) is 0 Å². The van der Waals surface area contributed by atoms with Crippen LogP contribution in [0.5, 0.6) is 63.2 Å². The first-order valence-corrected chi connectivity index (χ1v) is 45.5. The number of benzene rings is 10. The number of pyridine rings is 2. The fourth-order valence-corrected chi connectivity index (χ4v) is 19.7. The van der Waals surface area contributed by atoms with E-state index in [0.29, 0.717) is 116 Å². The lowest BCUT2D eigenvalue weighted by Crippen LogP contribution is -2.43. The number of nitrogens with zero attached hydrogens (tertiary/aromatic N) is 2. The molecule has 2 fully saturated rings. The number of H-pyrrole nitrogens is 1. The summed E-state index contributed by atoms with van der Waals surface area (Å²) in [6.45, 7) is 10.0. The van der Waals surface area contributed by atoms with Gasteiger partial charge in [-0.1, -0.05) is 131 Å². The number of methoxy groups -OCH3 is 8. The number of aryl methyl sites for hydroxylation is 1. The molecule has 12 aromatic rings. The molecule has 10 aromatic carbocycles. The Hall–Kier alpha value is -13.6. The number of fused-ring (bicyclic) bond motifs is 8. The predicted molar refractivity (Wildman–Crippen MR) is 509 cm³/mol. The number of halogens is 4. The van der Waals surface area contributed by atoms with Gasteiger partial charge in [-0.05, 0) is 182 Å². The van der Waals surface area contributed by atoms with Crippen molar-refractivity contribution in [3.8, 4) is 74.5 Å². The zero-order valence-electron chi connectivity index (χ0n) is 75.9. The molecule has 0 radical (unpaired) electrons. The molecule has 6 aliphatic rings. The van der Waals surface area contributed by atoms with Gasteiger partial charge in [-0.25, -0.2) is 31.1 Å². The molecule has 0 bridgehead atoms. The van der Waals surface area contributed by atoms with Crippen LogP contribution in [0.3, 0.4) is 0 Å². The molecule has 2 aromatic heterocycles. The van der Waals surface area contributed by atoms with Crippen LogP contribution in [-0.4, -0.2) is 134 Å². The van der Waals surface area contributed by atoms with E-state index >= 15 is 0 Å². The van der Waals surface area contributed by atoms with Crippen molar-refractivity contribution in [3.05, 3.63) is 324 Å². The smallest absolute Gasteiger partial charge is 0.338 e. The number of rotatable bonds is 20. The highest BCUT2D eigenvalue weighted by Crippen LogP contribution is 2.53. The Kier molecular flexibility index (Phi) is 29.8. The number of nitrogen functional groups attached to an aromatic ring is 1. The number of ketones is 1. The first kappa shape index (κ1) is 95.5. The third-order valence-corrected chi connectivity index (χ3v) is 26.9. The molecule has 23 nitrogen and oxygen atoms in total. The molecule has 9 unspecified atom stereocenters. The average Bonchev–Trinajstić information content (AvgIpc) is 1.72. The van der Waals surface area contributed by atoms with E-state index in [9.17, 15) is 45.9 Å². The lowest BCUT2D eigenvalue weighted by molar-refractivity contribution is -0.134. The zero-order chi connectivity index (χ0) is 94.9. The van der Waals surface area contributed by atoms with Crippen molar-refractivity contribution in [3.63, 3.8) is 0 Å². The maximum Gasteiger partial charge on any atom is 0.338 e. The number of nitrogens with one attached hydrogen (secondary N) is 2. The van der Waals surface area contributed by atoms with Crippen molar-refractivity contribution in [1.82, 2.24) is 19.6 Å². The second-order valence-corrected chi connectivity index (χ2v) is 36.3. The van der Waals surface area contributed by atoms with Gasteiger partial charge in [-0.2, -0.15) is 0 Å². The third-order valence-electron chi connectivity index (χ3n) is 24.6. The summed E-state index contributed by atoms with van der Waals surface area (Å²) >= 11 is 3.60. The van der Waals surface area contributed by atoms with Crippen molar-refractivity contribution < 1.29 is 93.2 Å². The number of carbonyl (C=O) groups excluding carboxylic acids is 3. The summed E-state index contributed by atoms with van der Waals surface area (Å²) in [5.41, 5.74) is 18.4. The Morgan fingerprint density at radius 3 is 2.09 bits per heavy atom. The van der Waals surface area contributed by atoms with Crippen LogP contribution >= 0.6 is 15.9 Å². The standard InChI is InChI=1S/C23H24BrNO2.C23H23F2NO5S.C23H24O6.C20H22N2O4.C16H12FNO/c1-15-7-6-10-18-21(15)23(26)25(14-16-8-4-3-5-9-16)22(18)19-13-17(24)11-12-20(19)27-2;1-23(24,25)17-7-3-15(4-8-17)22(27)31-20-12-21-16(13-26-32(21,28)29)11-19(20)14-5-9-18(30-2)10-6-14;1-12(2)5-6-13-16(24)8-7-14-22(25)21-15-9-18(26-3)19(27-4)10-17(15)28-11-20(21)29-23(13)14;1-23-17-8-12-5-6-22-16(14(12)10-19(17)25-3)7-13-9-18(24-2)20(26-4)11-15(13)21;1-10-3-2-4-11(7-10)14-9-16(19)13-6-5-12(17)8-15(13)18-14/h3-6,8-13,15,18,21-22H,7,14H2,1-2H3;3-11,19-21,26H,12-13H2,1-2H3;5,7-10,20-21,24H,6,11H2,1-4H3;5-6,8-11H,7,21H2,1-4H3;2-9H,1H3,(H,18,19). The molecule has 9 atom stereocenters. The summed E-state index contributed by atoms with van der Waals surface area (Å²) < 4.78 is 129. The van der Waals surface area contributed by atoms with Gasteiger partial charge in [0, 0.05) is 124 Å². The molecular weight excluding hydrogens is 1790 g/mol. The number of aromatic nitrogens is 2. The summed E-state index contributed by atoms with van der Waals surface area (Å²) in [6.07, 6.45) is 11.0. The van der Waals surface area contributed by atoms with Crippen LogP contribution in [0.1, 0.15) is 129 Å². The Morgan fingerprint density at radius 2 is 1.41 bits per heavy atom. The number of sulfonamides is 1. The van der Waals surface area contributed by atoms with Gasteiger partial charge in [0.25, 0.3) is 5.92 Å². The van der Waals surface area contributed by atoms with E-state index in [4.69, 9.17) is 57.8 Å². The van der Waals surface area contributed by atoms with Gasteiger partial charge in [0.15, 0.2) is 45.7 Å². The number of alkyl halides is 2. The number of carbonyl (C=O) groups is 3. The van der Waals surface area contributed by atoms with Gasteiger partial charge in [0.1, 0.15) is 58.6 Å². The van der Waals surface area contributed by atoms with Gasteiger partial charge in [-0.3, -0.25) is 19.4 Å². The van der Waals surface area contributed by atoms with Crippen LogP contribution in [0.2, 0.25) is 0 Å². The maximum atomic E-state index is 13.5. The number of aromatic amines is 1. The molecule has 692 valence electrons. The van der Waals surface area contributed by atoms with Crippen molar-refractivity contribution in [2.24, 2.45) is 17.8 Å². The summed E-state index contributed by atoms with van der Waals surface area (Å²) in [4.78, 5) is 61.5. The summed E-state index contributed by atoms with van der Waals surface area (Å²) in [7, 11) is 9.26. The molecule has 5 N–H and O–H groups in total. The molecule has 6 heterocycles. The van der Waals surface area contributed by atoms with E-state index in [0.717, 1.165) is 84.6 Å². The highest BCUT2D eigenvalue weighted by molar-refractivity contribution is 9.10. The number of amides is 1. The average molecular weight is 1890 g/mol. The summed E-state index contributed by atoms with van der Waals surface area (Å²) in [5.74, 6) is 2.16. The number of aromatic hydroxyl groups is 1. The monoisotopic (exact) mass is 1890 g/mol. The Labute approximate surface area is 778 Å². The number of allylic oxidation sites excluding steroid dienone is 3. The molecule has 133 heavy (non-hydrogen) atoms. The molecule has 2 aliphatic carbocycles. The Bertz CT molecular complexity index is 6610. The topological polar surface area (TPSA) is 294 Å². The third kappa shape index (κ3) is 21.2. The largest absolute Gasteiger partial charge is 0.508 e. The van der Waals surface area contributed by atoms with Crippen molar-refractivity contribution in [2.75, 3.05) is 75.8 Å². The maximum absolute atomic E-state index is 13.5. The SMILES string of the molecule is COc1cc(N)c(Cc2nccc3cc(OC)c(OC)cc23)cc1OC.COc1cc2c(cc1OC)C1C(=O)c3ccc(O)c(CC=C(C)C)c3OC1CO2.COc1ccc(Br)cc1C1C2C=CCC(C)C2C(=O)N1Cc1ccccc1.COc1ccc(C2C=C3CNS(=O)(=O)C3CC2OC(=O)c2ccc(C(C)(F)F)cc2)cc1.Cc1cccc(-c2cc(=O)c3ccc(F)cc3[nH]2)c1. The van der Waals surface area contributed by atoms with E-state index in [1.165, 1.54) is 42.5 Å². The Morgan fingerprint density at radius 1 is 0.722 bits per heavy atom. The fourth-order valence-electron chi connectivity index (χ4n) is 17.8. The van der Waals surface area contributed by atoms with Crippen LogP contribution in [0.15, 0.2) is 251 Å². The number of likely N-dealkylation sites (tertiary alicyclic amines) is 1. The van der Waals surface area contributed by atoms with Gasteiger partial charge in [0.2, 0.25) is 15.9 Å². The molecular formula is C105H105BrF3N5O18S. The number of Topliss-reactive ketones (excluding diaryl/α,β-unsaturated/α-hetero) is 1. The highest BCUT2D eigenvalue weighted by atomic mass is 79.9. The van der Waals surface area contributed by atoms with Crippen LogP contribution in [0, 0.1) is 30.5 Å². The molecule has 28 heteroatoms. The minimum absolute atomic E-state index is 0.0193. The normalized spacial score (nSPS) is 19.1. The second-order valence-electron chi connectivity index (χ2n) is 33.4. The number of anilines is 1. The summed E-state index contributed by atoms with van der Waals surface area (Å²) in [5, 5.41) is 12.1. The van der Waals surface area contributed by atoms with E-state index in [1.54, 1.807) is 112 Å². The quantitative estimate of drug-likeness (QED) is 0.0313. The van der Waals surface area contributed by atoms with Crippen molar-refractivity contribution in [2.45, 2.75) is 108 Å². The van der Waals surface area contributed by atoms with E-state index < -0.39 is 45.3 Å².